The number of nitrogens with one attached hydrogen (secondary N) is 1. The number of carboxylic acid groups (broad SMARTS) is 1. The van der Waals surface area contributed by atoms with Crippen molar-refractivity contribution in [3.05, 3.63) is 0 Å². The lowest BCUT2D eigenvalue weighted by atomic mass is 9.63. The summed E-state index contributed by atoms with van der Waals surface area (Å²) in [6.07, 6.45) is 1.94. The predicted molar refractivity (Wildman–Crippen MR) is 74.0 cm³/mol. The summed E-state index contributed by atoms with van der Waals surface area (Å²) in [5.74, 6) is 0.180. The summed E-state index contributed by atoms with van der Waals surface area (Å²) in [4.78, 5) is 24.7. The molecule has 0 aromatic carbocycles. The minimum atomic E-state index is -0.979. The van der Waals surface area contributed by atoms with Crippen LogP contribution in [0.1, 0.15) is 46.5 Å². The Balaban J connectivity index is 2.81. The maximum atomic E-state index is 12.0. The second-order valence-electron chi connectivity index (χ2n) is 6.77. The summed E-state index contributed by atoms with van der Waals surface area (Å²) in [5.41, 5.74) is -0.584. The number of rotatable bonds is 2. The summed E-state index contributed by atoms with van der Waals surface area (Å²) >= 11 is 0. The molecule has 1 aliphatic rings. The summed E-state index contributed by atoms with van der Waals surface area (Å²) in [6, 6.07) is 0. The van der Waals surface area contributed by atoms with Crippen molar-refractivity contribution in [1.82, 2.24) is 10.2 Å². The monoisotopic (exact) mass is 270 g/mol. The molecule has 110 valence electrons. The van der Waals surface area contributed by atoms with Crippen molar-refractivity contribution in [2.24, 2.45) is 11.3 Å². The molecule has 0 saturated heterocycles. The van der Waals surface area contributed by atoms with Crippen LogP contribution in [-0.4, -0.2) is 41.6 Å². The van der Waals surface area contributed by atoms with Gasteiger partial charge in [0.2, 0.25) is 5.91 Å². The molecular formula is C14H26N2O3. The quantitative estimate of drug-likeness (QED) is 0.809. The van der Waals surface area contributed by atoms with Crippen molar-refractivity contribution in [3.63, 3.8) is 0 Å². The maximum absolute atomic E-state index is 12.0. The molecule has 0 bridgehead atoms. The summed E-state index contributed by atoms with van der Waals surface area (Å²) < 4.78 is 0. The van der Waals surface area contributed by atoms with E-state index in [0.29, 0.717) is 12.8 Å². The molecule has 0 heterocycles. The first kappa shape index (κ1) is 15.8. The first-order valence-corrected chi connectivity index (χ1v) is 6.81. The summed E-state index contributed by atoms with van der Waals surface area (Å²) in [6.45, 7) is 6.16. The van der Waals surface area contributed by atoms with E-state index in [9.17, 15) is 9.59 Å². The highest BCUT2D eigenvalue weighted by Gasteiger charge is 2.46. The fourth-order valence-electron chi connectivity index (χ4n) is 2.99. The van der Waals surface area contributed by atoms with E-state index >= 15 is 0 Å². The number of carbonyl (C=O) groups excluding carboxylic acids is 1. The molecular weight excluding hydrogens is 244 g/mol. The van der Waals surface area contributed by atoms with Crippen molar-refractivity contribution >= 4 is 12.0 Å². The first-order chi connectivity index (χ1) is 8.59. The van der Waals surface area contributed by atoms with Crippen LogP contribution < -0.4 is 5.32 Å². The van der Waals surface area contributed by atoms with Crippen molar-refractivity contribution in [2.45, 2.75) is 52.0 Å². The highest BCUT2D eigenvalue weighted by atomic mass is 16.4. The molecule has 1 rings (SSSR count). The van der Waals surface area contributed by atoms with Gasteiger partial charge in [-0.3, -0.25) is 4.79 Å². The van der Waals surface area contributed by atoms with E-state index in [1.807, 2.05) is 0 Å². The minimum Gasteiger partial charge on any atom is -0.465 e. The van der Waals surface area contributed by atoms with Gasteiger partial charge in [-0.15, -0.1) is 0 Å². The Morgan fingerprint density at radius 3 is 2.00 bits per heavy atom. The van der Waals surface area contributed by atoms with E-state index in [4.69, 9.17) is 5.11 Å². The van der Waals surface area contributed by atoms with Gasteiger partial charge in [-0.2, -0.15) is 0 Å². The zero-order valence-corrected chi connectivity index (χ0v) is 12.6. The van der Waals surface area contributed by atoms with Crippen LogP contribution in [0, 0.1) is 11.3 Å². The normalized spacial score (nSPS) is 27.7. The molecule has 1 fully saturated rings. The van der Waals surface area contributed by atoms with Crippen LogP contribution >= 0.6 is 0 Å². The fourth-order valence-corrected chi connectivity index (χ4v) is 2.99. The highest BCUT2D eigenvalue weighted by Crippen LogP contribution is 2.43. The fraction of sp³-hybridized carbons (Fsp3) is 0.857. The van der Waals surface area contributed by atoms with Crippen LogP contribution in [0.3, 0.4) is 0 Å². The number of amides is 2. The van der Waals surface area contributed by atoms with Crippen molar-refractivity contribution in [3.8, 4) is 0 Å². The van der Waals surface area contributed by atoms with Gasteiger partial charge in [0.1, 0.15) is 0 Å². The van der Waals surface area contributed by atoms with Gasteiger partial charge in [-0.1, -0.05) is 20.8 Å². The second kappa shape index (κ2) is 5.39. The third-order valence-electron chi connectivity index (χ3n) is 4.41. The molecule has 0 aromatic rings. The van der Waals surface area contributed by atoms with E-state index in [1.165, 1.54) is 0 Å². The number of carbonyl (C=O) groups is 2. The largest absolute Gasteiger partial charge is 0.465 e. The third-order valence-corrected chi connectivity index (χ3v) is 4.41. The molecule has 0 unspecified atom stereocenters. The third kappa shape index (κ3) is 3.39. The van der Waals surface area contributed by atoms with Crippen molar-refractivity contribution < 1.29 is 14.7 Å². The molecule has 19 heavy (non-hydrogen) atoms. The van der Waals surface area contributed by atoms with Gasteiger partial charge in [0.05, 0.1) is 0 Å². The Morgan fingerprint density at radius 1 is 1.21 bits per heavy atom. The van der Waals surface area contributed by atoms with Crippen LogP contribution in [-0.2, 0) is 4.79 Å². The number of hydrogen-bond donors (Lipinski definition) is 2. The van der Waals surface area contributed by atoms with E-state index in [2.05, 4.69) is 26.1 Å². The molecule has 0 aliphatic heterocycles. The van der Waals surface area contributed by atoms with Crippen LogP contribution in [0.5, 0.6) is 0 Å². The summed E-state index contributed by atoms with van der Waals surface area (Å²) in [7, 11) is 3.53. The highest BCUT2D eigenvalue weighted by molar-refractivity contribution is 5.78. The van der Waals surface area contributed by atoms with E-state index in [-0.39, 0.29) is 17.2 Å². The van der Waals surface area contributed by atoms with Gasteiger partial charge < -0.3 is 15.3 Å². The molecule has 2 N–H and O–H groups in total. The SMILES string of the molecule is CN(C)C(=O)C1CCC(NC(=O)O)(C(C)(C)C)CC1. The Bertz CT molecular complexity index is 350. The molecule has 5 heteroatoms. The topological polar surface area (TPSA) is 69.6 Å². The Morgan fingerprint density at radius 2 is 1.68 bits per heavy atom. The van der Waals surface area contributed by atoms with E-state index < -0.39 is 11.6 Å². The molecule has 0 aromatic heterocycles. The average Bonchev–Trinajstić information content (AvgIpc) is 2.26. The smallest absolute Gasteiger partial charge is 0.405 e. The molecule has 0 radical (unpaired) electrons. The Kier molecular flexibility index (Phi) is 4.48. The molecule has 0 atom stereocenters. The lowest BCUT2D eigenvalue weighted by Gasteiger charge is -2.48. The zero-order chi connectivity index (χ0) is 14.8. The van der Waals surface area contributed by atoms with Crippen molar-refractivity contribution in [1.29, 1.82) is 0 Å². The van der Waals surface area contributed by atoms with Gasteiger partial charge in [-0.25, -0.2) is 4.79 Å². The Labute approximate surface area is 115 Å². The van der Waals surface area contributed by atoms with E-state index in [1.54, 1.807) is 19.0 Å². The lowest BCUT2D eigenvalue weighted by molar-refractivity contribution is -0.134. The Hall–Kier alpha value is -1.26. The standard InChI is InChI=1S/C14H26N2O3/c1-13(2,3)14(15-12(18)19)8-6-10(7-9-14)11(17)16(4)5/h10,15H,6-9H2,1-5H3,(H,18,19). The van der Waals surface area contributed by atoms with Crippen LogP contribution in [0.15, 0.2) is 0 Å². The molecule has 2 amide bonds. The minimum absolute atomic E-state index is 0.0288. The first-order valence-electron chi connectivity index (χ1n) is 6.81. The van der Waals surface area contributed by atoms with E-state index in [0.717, 1.165) is 12.8 Å². The molecule has 5 nitrogen and oxygen atoms in total. The predicted octanol–water partition coefficient (Wildman–Crippen LogP) is 2.32. The zero-order valence-electron chi connectivity index (χ0n) is 12.6. The maximum Gasteiger partial charge on any atom is 0.405 e. The van der Waals surface area contributed by atoms with Gasteiger partial charge in [0, 0.05) is 25.6 Å². The molecule has 1 aliphatic carbocycles. The molecule has 0 spiro atoms. The number of nitrogens with zero attached hydrogens (tertiary/aromatic N) is 1. The average molecular weight is 270 g/mol. The van der Waals surface area contributed by atoms with Gasteiger partial charge >= 0.3 is 6.09 Å². The number of hydrogen-bond acceptors (Lipinski definition) is 2. The second-order valence-corrected chi connectivity index (χ2v) is 6.77. The van der Waals surface area contributed by atoms with Gasteiger partial charge in [-0.05, 0) is 31.1 Å². The lowest BCUT2D eigenvalue weighted by Crippen LogP contribution is -2.59. The van der Waals surface area contributed by atoms with Crippen LogP contribution in [0.25, 0.3) is 0 Å². The molecule has 1 saturated carbocycles. The van der Waals surface area contributed by atoms with Crippen molar-refractivity contribution in [2.75, 3.05) is 14.1 Å². The van der Waals surface area contributed by atoms with Crippen LogP contribution in [0.2, 0.25) is 0 Å². The summed E-state index contributed by atoms with van der Waals surface area (Å²) in [5, 5.41) is 11.8. The van der Waals surface area contributed by atoms with Gasteiger partial charge in [0.15, 0.2) is 0 Å². The van der Waals surface area contributed by atoms with Crippen LogP contribution in [0.4, 0.5) is 4.79 Å². The van der Waals surface area contributed by atoms with Gasteiger partial charge in [0.25, 0.3) is 0 Å².